The summed E-state index contributed by atoms with van der Waals surface area (Å²) in [5.74, 6) is 0. The van der Waals surface area contributed by atoms with E-state index in [1.807, 2.05) is 0 Å². The van der Waals surface area contributed by atoms with Crippen molar-refractivity contribution in [3.05, 3.63) is 28.2 Å². The summed E-state index contributed by atoms with van der Waals surface area (Å²) in [6.07, 6.45) is 3.91. The van der Waals surface area contributed by atoms with Crippen molar-refractivity contribution in [1.29, 1.82) is 0 Å². The zero-order valence-corrected chi connectivity index (χ0v) is 10.2. The molecule has 15 heavy (non-hydrogen) atoms. The average Bonchev–Trinajstić information content (AvgIpc) is 3.01. The van der Waals surface area contributed by atoms with Crippen LogP contribution in [0.4, 0.5) is 5.69 Å². The van der Waals surface area contributed by atoms with Crippen LogP contribution >= 0.6 is 15.9 Å². The first kappa shape index (κ1) is 9.67. The van der Waals surface area contributed by atoms with Gasteiger partial charge in [-0.1, -0.05) is 22.0 Å². The van der Waals surface area contributed by atoms with Crippen LogP contribution in [-0.4, -0.2) is 12.6 Å². The van der Waals surface area contributed by atoms with Crippen LogP contribution in [0.5, 0.6) is 0 Å². The lowest BCUT2D eigenvalue weighted by atomic mass is 9.98. The van der Waals surface area contributed by atoms with Crippen LogP contribution in [0, 0.1) is 0 Å². The predicted octanol–water partition coefficient (Wildman–Crippen LogP) is 3.06. The van der Waals surface area contributed by atoms with Crippen LogP contribution in [0.3, 0.4) is 0 Å². The summed E-state index contributed by atoms with van der Waals surface area (Å²) in [7, 11) is 0. The van der Waals surface area contributed by atoms with E-state index >= 15 is 0 Å². The summed E-state index contributed by atoms with van der Waals surface area (Å²) in [6.45, 7) is 1.08. The third-order valence-electron chi connectivity index (χ3n) is 3.15. The standard InChI is InChI=1S/C12H15BrN2/c13-8-1-4-10-11(15-9-2-3-9)5-6-14-12(10)7-8/h1,4,7,9,11,14-15H,2-3,5-6H2. The maximum absolute atomic E-state index is 3.71. The maximum Gasteiger partial charge on any atom is 0.0400 e. The minimum Gasteiger partial charge on any atom is -0.385 e. The van der Waals surface area contributed by atoms with Crippen LogP contribution in [0.15, 0.2) is 22.7 Å². The zero-order valence-electron chi connectivity index (χ0n) is 8.59. The lowest BCUT2D eigenvalue weighted by Gasteiger charge is -2.27. The summed E-state index contributed by atoms with van der Waals surface area (Å²) in [4.78, 5) is 0. The molecule has 0 bridgehead atoms. The molecule has 2 nitrogen and oxygen atoms in total. The van der Waals surface area contributed by atoms with Crippen LogP contribution in [0.1, 0.15) is 30.9 Å². The van der Waals surface area contributed by atoms with E-state index in [1.54, 1.807) is 0 Å². The van der Waals surface area contributed by atoms with Gasteiger partial charge in [0.15, 0.2) is 0 Å². The van der Waals surface area contributed by atoms with E-state index in [2.05, 4.69) is 44.8 Å². The highest BCUT2D eigenvalue weighted by Crippen LogP contribution is 2.34. The first-order chi connectivity index (χ1) is 7.33. The molecule has 1 unspecified atom stereocenters. The lowest BCUT2D eigenvalue weighted by Crippen LogP contribution is -2.29. The van der Waals surface area contributed by atoms with Gasteiger partial charge in [0.2, 0.25) is 0 Å². The quantitative estimate of drug-likeness (QED) is 0.860. The number of fused-ring (bicyclic) bond motifs is 1. The molecule has 3 rings (SSSR count). The van der Waals surface area contributed by atoms with Crippen molar-refractivity contribution in [3.63, 3.8) is 0 Å². The number of rotatable bonds is 2. The minimum atomic E-state index is 0.557. The number of benzene rings is 1. The summed E-state index contributed by atoms with van der Waals surface area (Å²) in [5, 5.41) is 7.17. The van der Waals surface area contributed by atoms with E-state index in [-0.39, 0.29) is 0 Å². The van der Waals surface area contributed by atoms with Gasteiger partial charge in [0.1, 0.15) is 0 Å². The molecule has 1 fully saturated rings. The molecule has 1 aromatic carbocycles. The maximum atomic E-state index is 3.71. The summed E-state index contributed by atoms with van der Waals surface area (Å²) >= 11 is 3.51. The van der Waals surface area contributed by atoms with Crippen molar-refractivity contribution in [2.45, 2.75) is 31.3 Å². The van der Waals surface area contributed by atoms with Gasteiger partial charge >= 0.3 is 0 Å². The van der Waals surface area contributed by atoms with Crippen LogP contribution in [-0.2, 0) is 0 Å². The van der Waals surface area contributed by atoms with Crippen LogP contribution in [0.2, 0.25) is 0 Å². The Kier molecular flexibility index (Phi) is 2.45. The average molecular weight is 267 g/mol. The molecule has 1 saturated carbocycles. The monoisotopic (exact) mass is 266 g/mol. The molecule has 1 aliphatic carbocycles. The number of hydrogen-bond acceptors (Lipinski definition) is 2. The Bertz CT molecular complexity index is 374. The molecule has 1 aromatic rings. The second-order valence-electron chi connectivity index (χ2n) is 4.44. The molecule has 1 heterocycles. The summed E-state index contributed by atoms with van der Waals surface area (Å²) < 4.78 is 1.15. The lowest BCUT2D eigenvalue weighted by molar-refractivity contribution is 0.498. The first-order valence-electron chi connectivity index (χ1n) is 5.62. The van der Waals surface area contributed by atoms with Gasteiger partial charge in [0, 0.05) is 28.8 Å². The molecule has 2 N–H and O–H groups in total. The fraction of sp³-hybridized carbons (Fsp3) is 0.500. The topological polar surface area (TPSA) is 24.1 Å². The Morgan fingerprint density at radius 2 is 2.13 bits per heavy atom. The smallest absolute Gasteiger partial charge is 0.0400 e. The first-order valence-corrected chi connectivity index (χ1v) is 6.41. The molecule has 2 aliphatic rings. The normalized spacial score (nSPS) is 24.5. The van der Waals surface area contributed by atoms with E-state index in [0.29, 0.717) is 6.04 Å². The minimum absolute atomic E-state index is 0.557. The van der Waals surface area contributed by atoms with E-state index in [0.717, 1.165) is 17.1 Å². The van der Waals surface area contributed by atoms with Gasteiger partial charge < -0.3 is 10.6 Å². The third-order valence-corrected chi connectivity index (χ3v) is 3.65. The van der Waals surface area contributed by atoms with E-state index in [1.165, 1.54) is 30.5 Å². The highest BCUT2D eigenvalue weighted by atomic mass is 79.9. The van der Waals surface area contributed by atoms with Crippen molar-refractivity contribution in [3.8, 4) is 0 Å². The van der Waals surface area contributed by atoms with Gasteiger partial charge in [0.25, 0.3) is 0 Å². The van der Waals surface area contributed by atoms with Gasteiger partial charge in [-0.25, -0.2) is 0 Å². The van der Waals surface area contributed by atoms with Gasteiger partial charge in [0.05, 0.1) is 0 Å². The third kappa shape index (κ3) is 2.04. The Morgan fingerprint density at radius 3 is 2.93 bits per heavy atom. The molecule has 0 saturated heterocycles. The fourth-order valence-electron chi connectivity index (χ4n) is 2.20. The molecule has 0 amide bonds. The van der Waals surface area contributed by atoms with Crippen molar-refractivity contribution < 1.29 is 0 Å². The zero-order chi connectivity index (χ0) is 10.3. The van der Waals surface area contributed by atoms with Crippen molar-refractivity contribution in [2.24, 2.45) is 0 Å². The summed E-state index contributed by atoms with van der Waals surface area (Å²) in [5.41, 5.74) is 2.71. The second-order valence-corrected chi connectivity index (χ2v) is 5.36. The van der Waals surface area contributed by atoms with Gasteiger partial charge in [-0.3, -0.25) is 0 Å². The van der Waals surface area contributed by atoms with Crippen molar-refractivity contribution in [1.82, 2.24) is 5.32 Å². The molecule has 80 valence electrons. The molecular weight excluding hydrogens is 252 g/mol. The fourth-order valence-corrected chi connectivity index (χ4v) is 2.56. The molecule has 1 aliphatic heterocycles. The van der Waals surface area contributed by atoms with Crippen molar-refractivity contribution >= 4 is 21.6 Å². The second kappa shape index (κ2) is 3.80. The van der Waals surface area contributed by atoms with E-state index in [4.69, 9.17) is 0 Å². The highest BCUT2D eigenvalue weighted by molar-refractivity contribution is 9.10. The number of nitrogens with one attached hydrogen (secondary N) is 2. The number of anilines is 1. The van der Waals surface area contributed by atoms with E-state index < -0.39 is 0 Å². The van der Waals surface area contributed by atoms with Gasteiger partial charge in [-0.15, -0.1) is 0 Å². The number of halogens is 1. The highest BCUT2D eigenvalue weighted by Gasteiger charge is 2.27. The number of hydrogen-bond donors (Lipinski definition) is 2. The Hall–Kier alpha value is -0.540. The largest absolute Gasteiger partial charge is 0.385 e. The molecule has 3 heteroatoms. The molecule has 0 aromatic heterocycles. The van der Waals surface area contributed by atoms with Crippen LogP contribution < -0.4 is 10.6 Å². The predicted molar refractivity (Wildman–Crippen MR) is 66.1 cm³/mol. The van der Waals surface area contributed by atoms with Gasteiger partial charge in [-0.05, 0) is 37.0 Å². The Balaban J connectivity index is 1.87. The van der Waals surface area contributed by atoms with Crippen LogP contribution in [0.25, 0.3) is 0 Å². The molecule has 0 spiro atoms. The molecule has 0 radical (unpaired) electrons. The van der Waals surface area contributed by atoms with E-state index in [9.17, 15) is 0 Å². The molecule has 1 atom stereocenters. The molecular formula is C12H15BrN2. The summed E-state index contributed by atoms with van der Waals surface area (Å²) in [6, 6.07) is 7.88. The Labute approximate surface area is 98.6 Å². The van der Waals surface area contributed by atoms with Crippen molar-refractivity contribution in [2.75, 3.05) is 11.9 Å². The van der Waals surface area contributed by atoms with Gasteiger partial charge in [-0.2, -0.15) is 0 Å². The Morgan fingerprint density at radius 1 is 1.27 bits per heavy atom. The SMILES string of the molecule is Brc1ccc2c(c1)NCCC2NC1CC1.